The molecule has 0 unspecified atom stereocenters. The van der Waals surface area contributed by atoms with Crippen LogP contribution in [0, 0.1) is 5.82 Å². The van der Waals surface area contributed by atoms with Gasteiger partial charge in [0.2, 0.25) is 0 Å². The molecule has 10 heteroatoms. The Morgan fingerprint density at radius 3 is 2.70 bits per heavy atom. The minimum absolute atomic E-state index is 0.0680. The number of hydrogen-bond acceptors (Lipinski definition) is 6. The highest BCUT2D eigenvalue weighted by Gasteiger charge is 2.22. The first kappa shape index (κ1) is 20.2. The Labute approximate surface area is 172 Å². The van der Waals surface area contributed by atoms with Crippen molar-refractivity contribution in [3.05, 3.63) is 52.5 Å². The topological polar surface area (TPSA) is 94.3 Å². The number of halogens is 1. The normalized spacial score (nSPS) is 14.9. The third-order valence-electron chi connectivity index (χ3n) is 5.07. The summed E-state index contributed by atoms with van der Waals surface area (Å²) in [4.78, 5) is 32.0. The Morgan fingerprint density at radius 1 is 1.23 bits per heavy atom. The Hall–Kier alpha value is -3.11. The number of amides is 1. The molecule has 0 aliphatic carbocycles. The molecule has 158 valence electrons. The first-order valence-electron chi connectivity index (χ1n) is 9.83. The highest BCUT2D eigenvalue weighted by molar-refractivity contribution is 6.03. The number of hydrogen-bond donors (Lipinski definition) is 1. The number of ether oxygens (including phenoxy) is 1. The predicted molar refractivity (Wildman–Crippen MR) is 108 cm³/mol. The highest BCUT2D eigenvalue weighted by Crippen LogP contribution is 2.18. The lowest BCUT2D eigenvalue weighted by molar-refractivity contribution is 0.0374. The van der Waals surface area contributed by atoms with E-state index in [4.69, 9.17) is 4.74 Å². The number of nitrogens with one attached hydrogen (secondary N) is 1. The number of fused-ring (bicyclic) bond motifs is 1. The van der Waals surface area contributed by atoms with E-state index in [1.807, 2.05) is 0 Å². The summed E-state index contributed by atoms with van der Waals surface area (Å²) in [6, 6.07) is 5.54. The molecule has 1 saturated heterocycles. The maximum absolute atomic E-state index is 13.3. The molecule has 30 heavy (non-hydrogen) atoms. The lowest BCUT2D eigenvalue weighted by Crippen LogP contribution is -2.38. The van der Waals surface area contributed by atoms with Crippen molar-refractivity contribution < 1.29 is 13.9 Å². The molecule has 1 amide bonds. The Bertz CT molecular complexity index is 1100. The van der Waals surface area contributed by atoms with E-state index in [-0.39, 0.29) is 22.3 Å². The maximum Gasteiger partial charge on any atom is 0.279 e. The zero-order valence-corrected chi connectivity index (χ0v) is 16.7. The molecule has 1 N–H and O–H groups in total. The van der Waals surface area contributed by atoms with Gasteiger partial charge in [-0.25, -0.2) is 14.1 Å². The molecule has 1 aliphatic heterocycles. The number of rotatable bonds is 6. The number of morpholine rings is 1. The zero-order valence-electron chi connectivity index (χ0n) is 16.7. The Morgan fingerprint density at radius 2 is 1.97 bits per heavy atom. The number of carbonyl (C=O) groups excluding carboxylic acids is 1. The first-order chi connectivity index (χ1) is 14.5. The average Bonchev–Trinajstić information content (AvgIpc) is 3.15. The summed E-state index contributed by atoms with van der Waals surface area (Å²) in [6.45, 7) is 4.61. The monoisotopic (exact) mass is 414 g/mol. The molecule has 1 aromatic carbocycles. The van der Waals surface area contributed by atoms with Gasteiger partial charge in [0.05, 0.1) is 25.2 Å². The summed E-state index contributed by atoms with van der Waals surface area (Å²) in [5.74, 6) is -0.803. The first-order valence-corrected chi connectivity index (χ1v) is 9.83. The van der Waals surface area contributed by atoms with E-state index in [2.05, 4.69) is 20.3 Å². The zero-order chi connectivity index (χ0) is 21.1. The molecule has 2 aromatic heterocycles. The molecule has 9 nitrogen and oxygen atoms in total. The summed E-state index contributed by atoms with van der Waals surface area (Å²) in [7, 11) is 1.57. The number of nitrogens with zero attached hydrogens (tertiary/aromatic N) is 5. The predicted octanol–water partition coefficient (Wildman–Crippen LogP) is 0.710. The third kappa shape index (κ3) is 4.10. The minimum atomic E-state index is -0.403. The molecule has 4 rings (SSSR count). The molecule has 3 heterocycles. The maximum atomic E-state index is 13.3. The van der Waals surface area contributed by atoms with Gasteiger partial charge in [0.15, 0.2) is 11.2 Å². The molecule has 0 radical (unpaired) electrons. The van der Waals surface area contributed by atoms with E-state index in [1.54, 1.807) is 7.05 Å². The van der Waals surface area contributed by atoms with Crippen molar-refractivity contribution >= 4 is 16.9 Å². The van der Waals surface area contributed by atoms with Crippen LogP contribution in [0.15, 0.2) is 35.4 Å². The van der Waals surface area contributed by atoms with Crippen molar-refractivity contribution in [2.24, 2.45) is 7.05 Å². The smallest absolute Gasteiger partial charge is 0.279 e. The Balaban J connectivity index is 1.56. The number of benzene rings is 1. The van der Waals surface area contributed by atoms with Crippen molar-refractivity contribution in [3.63, 3.8) is 0 Å². The van der Waals surface area contributed by atoms with Crippen LogP contribution in [0.3, 0.4) is 0 Å². The second kappa shape index (κ2) is 8.72. The highest BCUT2D eigenvalue weighted by atomic mass is 19.1. The minimum Gasteiger partial charge on any atom is -0.379 e. The van der Waals surface area contributed by atoms with Crippen LogP contribution in [-0.2, 0) is 11.8 Å². The summed E-state index contributed by atoms with van der Waals surface area (Å²) in [5, 5.41) is 7.20. The van der Waals surface area contributed by atoms with E-state index in [1.165, 1.54) is 39.8 Å². The van der Waals surface area contributed by atoms with Crippen LogP contribution in [0.1, 0.15) is 16.9 Å². The van der Waals surface area contributed by atoms with Gasteiger partial charge in [0, 0.05) is 26.7 Å². The summed E-state index contributed by atoms with van der Waals surface area (Å²) in [5.41, 5.74) is 0.581. The second-order valence-corrected chi connectivity index (χ2v) is 7.16. The molecular weight excluding hydrogens is 391 g/mol. The van der Waals surface area contributed by atoms with Crippen molar-refractivity contribution in [2.45, 2.75) is 6.42 Å². The SMILES string of the molecule is Cn1cnc2c(C(=O)NCCCN3CCOCC3)nn(-c3ccc(F)cc3)c2c1=O. The standard InChI is InChI=1S/C20H23FN6O3/c1-25-13-23-16-17(19(28)22-7-2-8-26-9-11-30-12-10-26)24-27(18(16)20(25)29)15-5-3-14(21)4-6-15/h3-6,13H,2,7-12H2,1H3,(H,22,28). The second-order valence-electron chi connectivity index (χ2n) is 7.16. The van der Waals surface area contributed by atoms with Crippen LogP contribution in [0.2, 0.25) is 0 Å². The van der Waals surface area contributed by atoms with Crippen LogP contribution in [0.4, 0.5) is 4.39 Å². The van der Waals surface area contributed by atoms with Gasteiger partial charge >= 0.3 is 0 Å². The molecule has 1 aliphatic rings. The quantitative estimate of drug-likeness (QED) is 0.597. The van der Waals surface area contributed by atoms with E-state index >= 15 is 0 Å². The van der Waals surface area contributed by atoms with Crippen molar-refractivity contribution in [1.82, 2.24) is 29.5 Å². The summed E-state index contributed by atoms with van der Waals surface area (Å²) in [6.07, 6.45) is 2.15. The summed E-state index contributed by atoms with van der Waals surface area (Å²) < 4.78 is 21.3. The van der Waals surface area contributed by atoms with Gasteiger partial charge in [-0.15, -0.1) is 0 Å². The van der Waals surface area contributed by atoms with Gasteiger partial charge in [-0.1, -0.05) is 0 Å². The lowest BCUT2D eigenvalue weighted by atomic mass is 10.3. The molecule has 0 spiro atoms. The third-order valence-corrected chi connectivity index (χ3v) is 5.07. The number of carbonyl (C=O) groups is 1. The number of aryl methyl sites for hydroxylation is 1. The number of aromatic nitrogens is 4. The lowest BCUT2D eigenvalue weighted by Gasteiger charge is -2.26. The van der Waals surface area contributed by atoms with E-state index in [0.29, 0.717) is 12.2 Å². The van der Waals surface area contributed by atoms with E-state index < -0.39 is 11.7 Å². The molecule has 0 bridgehead atoms. The fourth-order valence-corrected chi connectivity index (χ4v) is 3.42. The van der Waals surface area contributed by atoms with Crippen molar-refractivity contribution in [3.8, 4) is 5.69 Å². The average molecular weight is 414 g/mol. The van der Waals surface area contributed by atoms with E-state index in [0.717, 1.165) is 39.3 Å². The van der Waals surface area contributed by atoms with Crippen molar-refractivity contribution in [1.29, 1.82) is 0 Å². The largest absolute Gasteiger partial charge is 0.379 e. The van der Waals surface area contributed by atoms with Crippen LogP contribution in [0.5, 0.6) is 0 Å². The van der Waals surface area contributed by atoms with Gasteiger partial charge in [0.1, 0.15) is 11.3 Å². The molecule has 1 fully saturated rings. The van der Waals surface area contributed by atoms with Crippen molar-refractivity contribution in [2.75, 3.05) is 39.4 Å². The Kier molecular flexibility index (Phi) is 5.86. The van der Waals surface area contributed by atoms with Crippen LogP contribution >= 0.6 is 0 Å². The summed E-state index contributed by atoms with van der Waals surface area (Å²) >= 11 is 0. The fourth-order valence-electron chi connectivity index (χ4n) is 3.42. The molecule has 0 atom stereocenters. The molecule has 3 aromatic rings. The van der Waals surface area contributed by atoms with E-state index in [9.17, 15) is 14.0 Å². The van der Waals surface area contributed by atoms with Crippen LogP contribution < -0.4 is 10.9 Å². The van der Waals surface area contributed by atoms with Crippen LogP contribution in [-0.4, -0.2) is 69.5 Å². The van der Waals surface area contributed by atoms with Gasteiger partial charge in [0.25, 0.3) is 11.5 Å². The fraction of sp³-hybridized carbons (Fsp3) is 0.400. The van der Waals surface area contributed by atoms with Gasteiger partial charge in [-0.2, -0.15) is 5.10 Å². The molecular formula is C20H23FN6O3. The molecule has 0 saturated carbocycles. The van der Waals surface area contributed by atoms with Gasteiger partial charge in [-0.3, -0.25) is 14.5 Å². The van der Waals surface area contributed by atoms with Crippen LogP contribution in [0.25, 0.3) is 16.7 Å². The van der Waals surface area contributed by atoms with Gasteiger partial charge < -0.3 is 14.6 Å². The van der Waals surface area contributed by atoms with Gasteiger partial charge in [-0.05, 0) is 37.2 Å².